The van der Waals surface area contributed by atoms with Crippen LogP contribution in [0.15, 0.2) is 48.5 Å². The van der Waals surface area contributed by atoms with Crippen LogP contribution in [0.25, 0.3) is 11.1 Å². The van der Waals surface area contributed by atoms with E-state index in [4.69, 9.17) is 9.47 Å². The van der Waals surface area contributed by atoms with E-state index in [0.29, 0.717) is 6.42 Å². The number of hydrogen-bond donors (Lipinski definition) is 3. The lowest BCUT2D eigenvalue weighted by Crippen LogP contribution is -2.54. The van der Waals surface area contributed by atoms with Crippen LogP contribution in [0, 0.1) is 5.92 Å². The molecule has 0 bridgehead atoms. The molecule has 2 aromatic rings. The van der Waals surface area contributed by atoms with Crippen molar-refractivity contribution in [1.82, 2.24) is 10.6 Å². The van der Waals surface area contributed by atoms with Gasteiger partial charge in [0.05, 0.1) is 6.04 Å². The van der Waals surface area contributed by atoms with E-state index in [0.717, 1.165) is 22.3 Å². The van der Waals surface area contributed by atoms with E-state index >= 15 is 0 Å². The summed E-state index contributed by atoms with van der Waals surface area (Å²) in [5, 5.41) is 14.6. The number of benzene rings is 2. The average molecular weight is 453 g/mol. The molecule has 0 aromatic heterocycles. The number of carbonyl (C=O) groups excluding carboxylic acids is 2. The molecular formula is C25H28N2O6. The normalized spacial score (nSPS) is 20.1. The van der Waals surface area contributed by atoms with Crippen molar-refractivity contribution in [2.75, 3.05) is 13.2 Å². The first-order chi connectivity index (χ1) is 15.9. The minimum atomic E-state index is -1.12. The zero-order valence-electron chi connectivity index (χ0n) is 18.6. The van der Waals surface area contributed by atoms with Gasteiger partial charge in [0.1, 0.15) is 12.6 Å². The van der Waals surface area contributed by atoms with Gasteiger partial charge in [0.2, 0.25) is 5.91 Å². The van der Waals surface area contributed by atoms with Crippen LogP contribution in [0.3, 0.4) is 0 Å². The first-order valence-electron chi connectivity index (χ1n) is 11.1. The third kappa shape index (κ3) is 4.71. The molecule has 8 nitrogen and oxygen atoms in total. The molecule has 1 fully saturated rings. The standard InChI is InChI=1S/C25H28N2O6/c1-14(2)21(23(28)26-20-11-12-32-22(20)24(29)30)27-25(31)33-13-19-17-9-5-3-7-15(17)16-8-4-6-10-18(16)19/h3-10,14,19-22H,11-13H2,1-2H3,(H,26,28)(H,27,31)(H,29,30)/t20-,21+,22+/m0/s1. The molecule has 3 N–H and O–H groups in total. The highest BCUT2D eigenvalue weighted by molar-refractivity contribution is 5.87. The molecule has 8 heteroatoms. The van der Waals surface area contributed by atoms with Gasteiger partial charge in [0.25, 0.3) is 0 Å². The van der Waals surface area contributed by atoms with Gasteiger partial charge < -0.3 is 25.2 Å². The fourth-order valence-corrected chi connectivity index (χ4v) is 4.56. The van der Waals surface area contributed by atoms with E-state index in [1.807, 2.05) is 36.4 Å². The van der Waals surface area contributed by atoms with Gasteiger partial charge >= 0.3 is 12.1 Å². The van der Waals surface area contributed by atoms with Gasteiger partial charge in [-0.2, -0.15) is 0 Å². The van der Waals surface area contributed by atoms with E-state index in [9.17, 15) is 19.5 Å². The molecule has 1 aliphatic heterocycles. The predicted octanol–water partition coefficient (Wildman–Crippen LogP) is 2.91. The number of rotatable bonds is 7. The number of fused-ring (bicyclic) bond motifs is 3. The van der Waals surface area contributed by atoms with Crippen LogP contribution in [0.1, 0.15) is 37.3 Å². The summed E-state index contributed by atoms with van der Waals surface area (Å²) < 4.78 is 10.7. The van der Waals surface area contributed by atoms with Crippen molar-refractivity contribution in [1.29, 1.82) is 0 Å². The largest absolute Gasteiger partial charge is 0.479 e. The summed E-state index contributed by atoms with van der Waals surface area (Å²) in [4.78, 5) is 36.7. The number of amides is 2. The molecule has 0 saturated carbocycles. The Kier molecular flexibility index (Phi) is 6.65. The zero-order valence-corrected chi connectivity index (χ0v) is 18.6. The van der Waals surface area contributed by atoms with E-state index in [1.54, 1.807) is 13.8 Å². The molecule has 2 amide bonds. The van der Waals surface area contributed by atoms with Crippen molar-refractivity contribution in [3.05, 3.63) is 59.7 Å². The van der Waals surface area contributed by atoms with Gasteiger partial charge in [-0.05, 0) is 34.6 Å². The Morgan fingerprint density at radius 3 is 2.24 bits per heavy atom. The second-order valence-corrected chi connectivity index (χ2v) is 8.72. The molecule has 174 valence electrons. The SMILES string of the molecule is CC(C)[C@@H](NC(=O)OCC1c2ccccc2-c2ccccc21)C(=O)N[C@H]1CCO[C@H]1C(=O)O. The van der Waals surface area contributed by atoms with Crippen LogP contribution in [0.2, 0.25) is 0 Å². The zero-order chi connectivity index (χ0) is 23.5. The Labute approximate surface area is 192 Å². The molecule has 0 spiro atoms. The van der Waals surface area contributed by atoms with Crippen molar-refractivity contribution in [2.45, 2.75) is 44.4 Å². The molecule has 0 radical (unpaired) electrons. The number of carboxylic acids is 1. The summed E-state index contributed by atoms with van der Waals surface area (Å²) in [5.41, 5.74) is 4.47. The highest BCUT2D eigenvalue weighted by atomic mass is 16.5. The van der Waals surface area contributed by atoms with Crippen LogP contribution < -0.4 is 10.6 Å². The summed E-state index contributed by atoms with van der Waals surface area (Å²) in [5.74, 6) is -1.89. The van der Waals surface area contributed by atoms with Crippen molar-refractivity contribution in [2.24, 2.45) is 5.92 Å². The molecule has 0 unspecified atom stereocenters. The maximum atomic E-state index is 12.8. The minimum absolute atomic E-state index is 0.0820. The van der Waals surface area contributed by atoms with Crippen LogP contribution in [-0.2, 0) is 19.1 Å². The summed E-state index contributed by atoms with van der Waals surface area (Å²) >= 11 is 0. The van der Waals surface area contributed by atoms with Crippen molar-refractivity contribution in [3.63, 3.8) is 0 Å². The number of alkyl carbamates (subject to hydrolysis) is 1. The first-order valence-corrected chi connectivity index (χ1v) is 11.1. The smallest absolute Gasteiger partial charge is 0.407 e. The predicted molar refractivity (Wildman–Crippen MR) is 121 cm³/mol. The Morgan fingerprint density at radius 1 is 1.06 bits per heavy atom. The quantitative estimate of drug-likeness (QED) is 0.595. The van der Waals surface area contributed by atoms with Gasteiger partial charge in [0, 0.05) is 12.5 Å². The van der Waals surface area contributed by atoms with E-state index < -0.39 is 36.2 Å². The Bertz CT molecular complexity index is 1010. The number of ether oxygens (including phenoxy) is 2. The van der Waals surface area contributed by atoms with E-state index in [-0.39, 0.29) is 25.0 Å². The maximum Gasteiger partial charge on any atom is 0.407 e. The van der Waals surface area contributed by atoms with Crippen molar-refractivity contribution in [3.8, 4) is 11.1 Å². The molecular weight excluding hydrogens is 424 g/mol. The highest BCUT2D eigenvalue weighted by Gasteiger charge is 2.37. The van der Waals surface area contributed by atoms with Crippen molar-refractivity contribution >= 4 is 18.0 Å². The monoisotopic (exact) mass is 452 g/mol. The summed E-state index contributed by atoms with van der Waals surface area (Å²) in [7, 11) is 0. The fraction of sp³-hybridized carbons (Fsp3) is 0.400. The Hall–Kier alpha value is -3.39. The van der Waals surface area contributed by atoms with Crippen LogP contribution >= 0.6 is 0 Å². The van der Waals surface area contributed by atoms with Crippen molar-refractivity contribution < 1.29 is 29.0 Å². The molecule has 4 rings (SSSR count). The lowest BCUT2D eigenvalue weighted by molar-refractivity contribution is -0.148. The van der Waals surface area contributed by atoms with E-state index in [2.05, 4.69) is 22.8 Å². The van der Waals surface area contributed by atoms with Gasteiger partial charge in [-0.25, -0.2) is 9.59 Å². The first kappa shape index (κ1) is 22.8. The van der Waals surface area contributed by atoms with Crippen LogP contribution in [-0.4, -0.2) is 54.5 Å². The summed E-state index contributed by atoms with van der Waals surface area (Å²) in [6, 6.07) is 14.6. The fourth-order valence-electron chi connectivity index (χ4n) is 4.56. The number of carbonyl (C=O) groups is 3. The Morgan fingerprint density at radius 2 is 1.67 bits per heavy atom. The number of nitrogens with one attached hydrogen (secondary N) is 2. The number of hydrogen-bond acceptors (Lipinski definition) is 5. The summed E-state index contributed by atoms with van der Waals surface area (Å²) in [6.45, 7) is 4.00. The van der Waals surface area contributed by atoms with Gasteiger partial charge in [-0.3, -0.25) is 4.79 Å². The minimum Gasteiger partial charge on any atom is -0.479 e. The molecule has 1 aliphatic carbocycles. The Balaban J connectivity index is 1.39. The average Bonchev–Trinajstić information content (AvgIpc) is 3.38. The number of aliphatic carboxylic acids is 1. The second kappa shape index (κ2) is 9.62. The molecule has 1 heterocycles. The molecule has 33 heavy (non-hydrogen) atoms. The van der Waals surface area contributed by atoms with Gasteiger partial charge in [-0.1, -0.05) is 62.4 Å². The summed E-state index contributed by atoms with van der Waals surface area (Å²) in [6.07, 6.45) is -1.38. The van der Waals surface area contributed by atoms with E-state index in [1.165, 1.54) is 0 Å². The lowest BCUT2D eigenvalue weighted by Gasteiger charge is -2.25. The molecule has 2 aromatic carbocycles. The molecule has 2 aliphatic rings. The molecule has 3 atom stereocenters. The highest BCUT2D eigenvalue weighted by Crippen LogP contribution is 2.44. The third-order valence-electron chi connectivity index (χ3n) is 6.23. The lowest BCUT2D eigenvalue weighted by atomic mass is 9.98. The van der Waals surface area contributed by atoms with Crippen LogP contribution in [0.5, 0.6) is 0 Å². The number of carboxylic acid groups (broad SMARTS) is 1. The second-order valence-electron chi connectivity index (χ2n) is 8.72. The maximum absolute atomic E-state index is 12.8. The van der Waals surface area contributed by atoms with Crippen LogP contribution in [0.4, 0.5) is 4.79 Å². The molecule has 1 saturated heterocycles. The topological polar surface area (TPSA) is 114 Å². The van der Waals surface area contributed by atoms with Gasteiger partial charge in [-0.15, -0.1) is 0 Å². The third-order valence-corrected chi connectivity index (χ3v) is 6.23. The van der Waals surface area contributed by atoms with Gasteiger partial charge in [0.15, 0.2) is 6.10 Å².